The van der Waals surface area contributed by atoms with E-state index in [0.717, 1.165) is 6.42 Å². The zero-order valence-corrected chi connectivity index (χ0v) is 6.99. The van der Waals surface area contributed by atoms with Gasteiger partial charge in [0.05, 0.1) is 19.3 Å². The summed E-state index contributed by atoms with van der Waals surface area (Å²) in [6.45, 7) is 7.01. The molecule has 0 spiro atoms. The van der Waals surface area contributed by atoms with Crippen LogP contribution in [0.15, 0.2) is 12.7 Å². The van der Waals surface area contributed by atoms with Crippen LogP contribution in [0, 0.1) is 11.8 Å². The average Bonchev–Trinajstić information content (AvgIpc) is 2.36. The molecule has 11 heavy (non-hydrogen) atoms. The molecule has 2 heteroatoms. The van der Waals surface area contributed by atoms with Crippen LogP contribution in [0.4, 0.5) is 0 Å². The standard InChI is InChI=1S/C9H16O2/c1-3-4-7(2)8-5-11-6-9(8)10/h3,7-10H,1,4-6H2,2H3. The van der Waals surface area contributed by atoms with Crippen molar-refractivity contribution in [1.82, 2.24) is 0 Å². The summed E-state index contributed by atoms with van der Waals surface area (Å²) in [5.74, 6) is 0.804. The number of allylic oxidation sites excluding steroid dienone is 1. The van der Waals surface area contributed by atoms with Crippen molar-refractivity contribution in [3.8, 4) is 0 Å². The van der Waals surface area contributed by atoms with Gasteiger partial charge in [-0.15, -0.1) is 6.58 Å². The summed E-state index contributed by atoms with van der Waals surface area (Å²) in [4.78, 5) is 0. The molecule has 1 saturated heterocycles. The minimum absolute atomic E-state index is 0.259. The van der Waals surface area contributed by atoms with Crippen molar-refractivity contribution in [2.24, 2.45) is 11.8 Å². The lowest BCUT2D eigenvalue weighted by atomic mass is 9.89. The predicted molar refractivity (Wildman–Crippen MR) is 44.3 cm³/mol. The number of hydrogen-bond donors (Lipinski definition) is 1. The lowest BCUT2D eigenvalue weighted by molar-refractivity contribution is 0.107. The Kier molecular flexibility index (Phi) is 3.09. The topological polar surface area (TPSA) is 29.5 Å². The van der Waals surface area contributed by atoms with Gasteiger partial charge in [0.2, 0.25) is 0 Å². The van der Waals surface area contributed by atoms with Gasteiger partial charge in [-0.25, -0.2) is 0 Å². The molecule has 0 aromatic rings. The lowest BCUT2D eigenvalue weighted by Crippen LogP contribution is -2.24. The van der Waals surface area contributed by atoms with E-state index >= 15 is 0 Å². The molecule has 0 amide bonds. The molecule has 0 aliphatic carbocycles. The van der Waals surface area contributed by atoms with Gasteiger partial charge >= 0.3 is 0 Å². The quantitative estimate of drug-likeness (QED) is 0.622. The van der Waals surface area contributed by atoms with Gasteiger partial charge in [0, 0.05) is 5.92 Å². The number of aliphatic hydroxyl groups excluding tert-OH is 1. The Hall–Kier alpha value is -0.340. The van der Waals surface area contributed by atoms with E-state index in [1.165, 1.54) is 0 Å². The van der Waals surface area contributed by atoms with E-state index in [0.29, 0.717) is 25.0 Å². The van der Waals surface area contributed by atoms with Gasteiger partial charge in [-0.3, -0.25) is 0 Å². The monoisotopic (exact) mass is 156 g/mol. The highest BCUT2D eigenvalue weighted by molar-refractivity contribution is 4.82. The molecule has 0 aromatic carbocycles. The summed E-state index contributed by atoms with van der Waals surface area (Å²) in [7, 11) is 0. The molecule has 0 aromatic heterocycles. The van der Waals surface area contributed by atoms with Crippen LogP contribution in [0.3, 0.4) is 0 Å². The molecular formula is C9H16O2. The average molecular weight is 156 g/mol. The summed E-state index contributed by atoms with van der Waals surface area (Å²) in [6.07, 6.45) is 2.60. The Morgan fingerprint density at radius 2 is 2.45 bits per heavy atom. The second-order valence-electron chi connectivity index (χ2n) is 3.27. The second-order valence-corrected chi connectivity index (χ2v) is 3.27. The van der Waals surface area contributed by atoms with Crippen molar-refractivity contribution in [3.63, 3.8) is 0 Å². The van der Waals surface area contributed by atoms with Gasteiger partial charge < -0.3 is 9.84 Å². The van der Waals surface area contributed by atoms with E-state index in [1.54, 1.807) is 0 Å². The zero-order chi connectivity index (χ0) is 8.27. The maximum atomic E-state index is 9.43. The molecule has 1 rings (SSSR count). The van der Waals surface area contributed by atoms with E-state index in [-0.39, 0.29) is 6.10 Å². The smallest absolute Gasteiger partial charge is 0.0826 e. The summed E-state index contributed by atoms with van der Waals surface area (Å²) >= 11 is 0. The van der Waals surface area contributed by atoms with Gasteiger partial charge in [0.1, 0.15) is 0 Å². The summed E-state index contributed by atoms with van der Waals surface area (Å²) in [5.41, 5.74) is 0. The Bertz CT molecular complexity index is 134. The van der Waals surface area contributed by atoms with Crippen molar-refractivity contribution in [2.75, 3.05) is 13.2 Å². The van der Waals surface area contributed by atoms with Gasteiger partial charge in [0.15, 0.2) is 0 Å². The summed E-state index contributed by atoms with van der Waals surface area (Å²) < 4.78 is 5.15. The molecule has 64 valence electrons. The van der Waals surface area contributed by atoms with Crippen molar-refractivity contribution in [3.05, 3.63) is 12.7 Å². The van der Waals surface area contributed by atoms with Crippen LogP contribution in [0.2, 0.25) is 0 Å². The second kappa shape index (κ2) is 3.88. The first-order valence-corrected chi connectivity index (χ1v) is 4.12. The Balaban J connectivity index is 2.38. The van der Waals surface area contributed by atoms with Crippen LogP contribution in [-0.4, -0.2) is 24.4 Å². The van der Waals surface area contributed by atoms with E-state index < -0.39 is 0 Å². The largest absolute Gasteiger partial charge is 0.390 e. The van der Waals surface area contributed by atoms with E-state index in [4.69, 9.17) is 4.74 Å². The molecule has 1 aliphatic rings. The molecule has 1 aliphatic heterocycles. The summed E-state index contributed by atoms with van der Waals surface area (Å²) in [5, 5.41) is 9.43. The fourth-order valence-electron chi connectivity index (χ4n) is 1.54. The summed E-state index contributed by atoms with van der Waals surface area (Å²) in [6, 6.07) is 0. The SMILES string of the molecule is C=CCC(C)C1COCC1O. The third-order valence-electron chi connectivity index (χ3n) is 2.36. The molecule has 2 nitrogen and oxygen atoms in total. The van der Waals surface area contributed by atoms with Gasteiger partial charge in [0.25, 0.3) is 0 Å². The molecule has 1 heterocycles. The number of aliphatic hydroxyl groups is 1. The van der Waals surface area contributed by atoms with Crippen molar-refractivity contribution >= 4 is 0 Å². The van der Waals surface area contributed by atoms with Crippen LogP contribution >= 0.6 is 0 Å². The minimum Gasteiger partial charge on any atom is -0.390 e. The molecule has 0 saturated carbocycles. The van der Waals surface area contributed by atoms with Gasteiger partial charge in [-0.2, -0.15) is 0 Å². The molecular weight excluding hydrogens is 140 g/mol. The molecule has 1 N–H and O–H groups in total. The fraction of sp³-hybridized carbons (Fsp3) is 0.778. The highest BCUT2D eigenvalue weighted by atomic mass is 16.5. The predicted octanol–water partition coefficient (Wildman–Crippen LogP) is 1.21. The number of hydrogen-bond acceptors (Lipinski definition) is 2. The first kappa shape index (κ1) is 8.75. The Morgan fingerprint density at radius 1 is 1.73 bits per heavy atom. The van der Waals surface area contributed by atoms with E-state index in [2.05, 4.69) is 13.5 Å². The Morgan fingerprint density at radius 3 is 2.91 bits per heavy atom. The first-order valence-electron chi connectivity index (χ1n) is 4.12. The normalized spacial score (nSPS) is 33.6. The van der Waals surface area contributed by atoms with Crippen molar-refractivity contribution < 1.29 is 9.84 Å². The highest BCUT2D eigenvalue weighted by Crippen LogP contribution is 2.24. The number of ether oxygens (including phenoxy) is 1. The molecule has 3 atom stereocenters. The van der Waals surface area contributed by atoms with Crippen LogP contribution in [-0.2, 0) is 4.74 Å². The fourth-order valence-corrected chi connectivity index (χ4v) is 1.54. The zero-order valence-electron chi connectivity index (χ0n) is 6.99. The van der Waals surface area contributed by atoms with Crippen LogP contribution in [0.1, 0.15) is 13.3 Å². The molecule has 3 unspecified atom stereocenters. The molecule has 0 radical (unpaired) electrons. The minimum atomic E-state index is -0.259. The molecule has 0 bridgehead atoms. The lowest BCUT2D eigenvalue weighted by Gasteiger charge is -2.18. The number of rotatable bonds is 3. The van der Waals surface area contributed by atoms with Gasteiger partial charge in [-0.1, -0.05) is 13.0 Å². The van der Waals surface area contributed by atoms with Crippen LogP contribution in [0.25, 0.3) is 0 Å². The van der Waals surface area contributed by atoms with Crippen molar-refractivity contribution in [1.29, 1.82) is 0 Å². The maximum Gasteiger partial charge on any atom is 0.0826 e. The van der Waals surface area contributed by atoms with Crippen LogP contribution < -0.4 is 0 Å². The Labute approximate surface area is 67.9 Å². The molecule has 1 fully saturated rings. The highest BCUT2D eigenvalue weighted by Gasteiger charge is 2.29. The third-order valence-corrected chi connectivity index (χ3v) is 2.36. The van der Waals surface area contributed by atoms with Gasteiger partial charge in [-0.05, 0) is 12.3 Å². The van der Waals surface area contributed by atoms with Crippen LogP contribution in [0.5, 0.6) is 0 Å². The maximum absolute atomic E-state index is 9.43. The van der Waals surface area contributed by atoms with Crippen molar-refractivity contribution in [2.45, 2.75) is 19.4 Å². The third kappa shape index (κ3) is 2.04. The van der Waals surface area contributed by atoms with E-state index in [1.807, 2.05) is 6.08 Å². The van der Waals surface area contributed by atoms with E-state index in [9.17, 15) is 5.11 Å². The first-order chi connectivity index (χ1) is 5.25.